The molecule has 1 aliphatic heterocycles. The number of pyridine rings is 1. The summed E-state index contributed by atoms with van der Waals surface area (Å²) in [5.74, 6) is -1.42. The van der Waals surface area contributed by atoms with Crippen molar-refractivity contribution in [1.82, 2.24) is 14.3 Å². The van der Waals surface area contributed by atoms with Crippen molar-refractivity contribution in [3.63, 3.8) is 0 Å². The van der Waals surface area contributed by atoms with Crippen LogP contribution in [0.1, 0.15) is 12.1 Å². The molecule has 0 aliphatic carbocycles. The van der Waals surface area contributed by atoms with Gasteiger partial charge in [0.05, 0.1) is 18.2 Å². The van der Waals surface area contributed by atoms with E-state index in [4.69, 9.17) is 5.11 Å². The third kappa shape index (κ3) is 2.59. The van der Waals surface area contributed by atoms with Gasteiger partial charge >= 0.3 is 5.97 Å². The van der Waals surface area contributed by atoms with Crippen molar-refractivity contribution in [3.05, 3.63) is 36.3 Å². The second kappa shape index (κ2) is 5.17. The average molecular weight is 289 g/mol. The molecule has 2 N–H and O–H groups in total. The number of carboxylic acids is 1. The molecule has 110 valence electrons. The predicted molar refractivity (Wildman–Crippen MR) is 72.7 cm³/mol. The van der Waals surface area contributed by atoms with Gasteiger partial charge in [-0.3, -0.25) is 4.79 Å². The van der Waals surface area contributed by atoms with E-state index in [1.165, 1.54) is 4.90 Å². The lowest BCUT2D eigenvalue weighted by Crippen LogP contribution is -2.41. The molecule has 0 radical (unpaired) electrons. The van der Waals surface area contributed by atoms with Crippen LogP contribution in [0.2, 0.25) is 0 Å². The Morgan fingerprint density at radius 2 is 2.19 bits per heavy atom. The number of fused-ring (bicyclic) bond motifs is 1. The second-order valence-corrected chi connectivity index (χ2v) is 5.16. The number of hydrogen-bond donors (Lipinski definition) is 2. The van der Waals surface area contributed by atoms with Gasteiger partial charge in [0.15, 0.2) is 0 Å². The number of hydrogen-bond acceptors (Lipinski definition) is 4. The minimum Gasteiger partial charge on any atom is -0.480 e. The number of nitrogens with zero attached hydrogens (tertiary/aromatic N) is 3. The first-order chi connectivity index (χ1) is 10.0. The van der Waals surface area contributed by atoms with E-state index in [2.05, 4.69) is 4.98 Å². The molecule has 7 heteroatoms. The van der Waals surface area contributed by atoms with Crippen molar-refractivity contribution in [2.75, 3.05) is 6.54 Å². The highest BCUT2D eigenvalue weighted by Gasteiger charge is 2.38. The molecule has 0 saturated carbocycles. The van der Waals surface area contributed by atoms with E-state index in [1.807, 2.05) is 24.4 Å². The van der Waals surface area contributed by atoms with Crippen LogP contribution >= 0.6 is 0 Å². The Bertz CT molecular complexity index is 663. The zero-order valence-corrected chi connectivity index (χ0v) is 11.2. The standard InChI is InChI=1S/C14H15N3O4/c18-10-6-11(14(20)21)17(8-10)13(19)5-9-7-16-4-2-1-3-12(16)15-9/h1-4,7,10-11,18H,5-6,8H2,(H,20,21)/t10-,11-/m0/s1. The van der Waals surface area contributed by atoms with Crippen molar-refractivity contribution in [3.8, 4) is 0 Å². The number of aliphatic hydroxyl groups excluding tert-OH is 1. The molecule has 3 heterocycles. The first kappa shape index (κ1) is 13.6. The number of aliphatic carboxylic acids is 1. The second-order valence-electron chi connectivity index (χ2n) is 5.16. The molecule has 2 aromatic rings. The minimum atomic E-state index is -1.09. The van der Waals surface area contributed by atoms with Gasteiger partial charge in [0.25, 0.3) is 0 Å². The molecule has 0 bridgehead atoms. The van der Waals surface area contributed by atoms with Gasteiger partial charge in [-0.1, -0.05) is 6.07 Å². The molecule has 7 nitrogen and oxygen atoms in total. The van der Waals surface area contributed by atoms with Gasteiger partial charge in [0, 0.05) is 25.4 Å². The summed E-state index contributed by atoms with van der Waals surface area (Å²) in [4.78, 5) is 28.9. The number of likely N-dealkylation sites (tertiary alicyclic amines) is 1. The molecule has 1 amide bonds. The maximum absolute atomic E-state index is 12.3. The summed E-state index contributed by atoms with van der Waals surface area (Å²) >= 11 is 0. The van der Waals surface area contributed by atoms with Gasteiger partial charge in [-0.15, -0.1) is 0 Å². The molecule has 1 aliphatic rings. The van der Waals surface area contributed by atoms with Gasteiger partial charge in [0.1, 0.15) is 11.7 Å². The largest absolute Gasteiger partial charge is 0.480 e. The predicted octanol–water partition coefficient (Wildman–Crippen LogP) is -0.0768. The number of aromatic nitrogens is 2. The maximum Gasteiger partial charge on any atom is 0.326 e. The summed E-state index contributed by atoms with van der Waals surface area (Å²) in [6.07, 6.45) is 2.90. The summed E-state index contributed by atoms with van der Waals surface area (Å²) < 4.78 is 1.80. The van der Waals surface area contributed by atoms with E-state index in [1.54, 1.807) is 10.6 Å². The van der Waals surface area contributed by atoms with Crippen LogP contribution in [0.5, 0.6) is 0 Å². The molecule has 2 aromatic heterocycles. The molecule has 2 atom stereocenters. The number of imidazole rings is 1. The summed E-state index contributed by atoms with van der Waals surface area (Å²) in [5.41, 5.74) is 1.31. The Balaban J connectivity index is 1.77. The Morgan fingerprint density at radius 3 is 2.90 bits per heavy atom. The molecular weight excluding hydrogens is 274 g/mol. The van der Waals surface area contributed by atoms with Crippen LogP contribution in [0.25, 0.3) is 5.65 Å². The first-order valence-corrected chi connectivity index (χ1v) is 6.67. The highest BCUT2D eigenvalue weighted by Crippen LogP contribution is 2.19. The third-order valence-corrected chi connectivity index (χ3v) is 3.63. The quantitative estimate of drug-likeness (QED) is 0.824. The molecular formula is C14H15N3O4. The van der Waals surface area contributed by atoms with Crippen molar-refractivity contribution in [1.29, 1.82) is 0 Å². The SMILES string of the molecule is O=C(O)[C@@H]1C[C@H](O)CN1C(=O)Cc1cn2ccccc2n1. The number of carboxylic acid groups (broad SMARTS) is 1. The van der Waals surface area contributed by atoms with Gasteiger partial charge in [0.2, 0.25) is 5.91 Å². The van der Waals surface area contributed by atoms with Crippen molar-refractivity contribution in [2.45, 2.75) is 25.0 Å². The zero-order chi connectivity index (χ0) is 15.0. The Labute approximate surface area is 120 Å². The molecule has 1 saturated heterocycles. The molecule has 1 fully saturated rings. The Kier molecular flexibility index (Phi) is 3.34. The number of amides is 1. The van der Waals surface area contributed by atoms with Crippen LogP contribution in [-0.2, 0) is 16.0 Å². The fraction of sp³-hybridized carbons (Fsp3) is 0.357. The van der Waals surface area contributed by atoms with E-state index in [-0.39, 0.29) is 25.3 Å². The van der Waals surface area contributed by atoms with E-state index in [0.29, 0.717) is 5.69 Å². The number of aliphatic hydroxyl groups is 1. The van der Waals surface area contributed by atoms with E-state index < -0.39 is 18.1 Å². The van der Waals surface area contributed by atoms with Gasteiger partial charge in [-0.25, -0.2) is 9.78 Å². The Morgan fingerprint density at radius 1 is 1.38 bits per heavy atom. The van der Waals surface area contributed by atoms with Crippen LogP contribution < -0.4 is 0 Å². The normalized spacial score (nSPS) is 21.9. The fourth-order valence-electron chi connectivity index (χ4n) is 2.65. The van der Waals surface area contributed by atoms with Crippen molar-refractivity contribution >= 4 is 17.5 Å². The third-order valence-electron chi connectivity index (χ3n) is 3.63. The highest BCUT2D eigenvalue weighted by molar-refractivity contribution is 5.85. The van der Waals surface area contributed by atoms with E-state index in [9.17, 15) is 14.7 Å². The van der Waals surface area contributed by atoms with Crippen LogP contribution in [-0.4, -0.2) is 55.1 Å². The van der Waals surface area contributed by atoms with Crippen LogP contribution in [0, 0.1) is 0 Å². The lowest BCUT2D eigenvalue weighted by molar-refractivity contribution is -0.148. The molecule has 0 unspecified atom stereocenters. The summed E-state index contributed by atoms with van der Waals surface area (Å²) in [6.45, 7) is 0.0587. The van der Waals surface area contributed by atoms with Crippen LogP contribution in [0.3, 0.4) is 0 Å². The molecule has 21 heavy (non-hydrogen) atoms. The smallest absolute Gasteiger partial charge is 0.326 e. The van der Waals surface area contributed by atoms with Gasteiger partial charge < -0.3 is 19.5 Å². The topological polar surface area (TPSA) is 95.1 Å². The molecule has 3 rings (SSSR count). The van der Waals surface area contributed by atoms with Gasteiger partial charge in [-0.05, 0) is 12.1 Å². The van der Waals surface area contributed by atoms with Crippen molar-refractivity contribution in [2.24, 2.45) is 0 Å². The molecule has 0 aromatic carbocycles. The number of carbonyl (C=O) groups excluding carboxylic acids is 1. The number of β-amino-alcohol motifs (C(OH)–C–C–N with tert-alkyl or cyclic N) is 1. The maximum atomic E-state index is 12.3. The molecule has 0 spiro atoms. The summed E-state index contributed by atoms with van der Waals surface area (Å²) in [6, 6.07) is 4.58. The summed E-state index contributed by atoms with van der Waals surface area (Å²) in [7, 11) is 0. The lowest BCUT2D eigenvalue weighted by atomic mass is 10.2. The summed E-state index contributed by atoms with van der Waals surface area (Å²) in [5, 5.41) is 18.7. The van der Waals surface area contributed by atoms with Gasteiger partial charge in [-0.2, -0.15) is 0 Å². The van der Waals surface area contributed by atoms with Crippen LogP contribution in [0.4, 0.5) is 0 Å². The fourth-order valence-corrected chi connectivity index (χ4v) is 2.65. The first-order valence-electron chi connectivity index (χ1n) is 6.67. The highest BCUT2D eigenvalue weighted by atomic mass is 16.4. The number of carbonyl (C=O) groups is 2. The lowest BCUT2D eigenvalue weighted by Gasteiger charge is -2.20. The Hall–Kier alpha value is -2.41. The van der Waals surface area contributed by atoms with E-state index in [0.717, 1.165) is 5.65 Å². The van der Waals surface area contributed by atoms with Crippen molar-refractivity contribution < 1.29 is 19.8 Å². The van der Waals surface area contributed by atoms with Crippen LogP contribution in [0.15, 0.2) is 30.6 Å². The zero-order valence-electron chi connectivity index (χ0n) is 11.2. The number of rotatable bonds is 3. The monoisotopic (exact) mass is 289 g/mol. The minimum absolute atomic E-state index is 0.0260. The van der Waals surface area contributed by atoms with E-state index >= 15 is 0 Å². The average Bonchev–Trinajstić information content (AvgIpc) is 3.01.